The van der Waals surface area contributed by atoms with Gasteiger partial charge < -0.3 is 9.13 Å². The van der Waals surface area contributed by atoms with Crippen LogP contribution in [0.3, 0.4) is 0 Å². The molecule has 0 saturated heterocycles. The Labute approximate surface area is 370 Å². The van der Waals surface area contributed by atoms with Gasteiger partial charge in [0.1, 0.15) is 0 Å². The van der Waals surface area contributed by atoms with Crippen molar-refractivity contribution >= 4 is 72.4 Å². The molecule has 302 valence electrons. The maximum atomic E-state index is 2.52. The Morgan fingerprint density at radius 2 is 0.889 bits per heavy atom. The number of benzene rings is 9. The maximum Gasteiger partial charge on any atom is 0.179 e. The molecule has 0 amide bonds. The lowest BCUT2D eigenvalue weighted by Crippen LogP contribution is -2.74. The first kappa shape index (κ1) is 37.5. The van der Waals surface area contributed by atoms with Gasteiger partial charge in [0.25, 0.3) is 0 Å². The predicted molar refractivity (Wildman–Crippen MR) is 270 cm³/mol. The van der Waals surface area contributed by atoms with Crippen molar-refractivity contribution in [3.05, 3.63) is 230 Å². The van der Waals surface area contributed by atoms with Crippen LogP contribution in [-0.2, 0) is 0 Å². The van der Waals surface area contributed by atoms with E-state index in [1.165, 1.54) is 119 Å². The summed E-state index contributed by atoms with van der Waals surface area (Å²) in [6, 6.07) is 84.3. The molecule has 0 atom stereocenters. The highest BCUT2D eigenvalue weighted by atomic mass is 28.3. The van der Waals surface area contributed by atoms with E-state index in [0.29, 0.717) is 5.92 Å². The van der Waals surface area contributed by atoms with E-state index in [1.807, 2.05) is 0 Å². The van der Waals surface area contributed by atoms with Crippen LogP contribution in [-0.4, -0.2) is 17.2 Å². The third kappa shape index (κ3) is 6.13. The molecule has 3 heteroatoms. The van der Waals surface area contributed by atoms with Crippen LogP contribution < -0.4 is 20.7 Å². The topological polar surface area (TPSA) is 9.86 Å². The first-order valence-electron chi connectivity index (χ1n) is 22.7. The summed E-state index contributed by atoms with van der Waals surface area (Å²) < 4.78 is 4.98. The zero-order chi connectivity index (χ0) is 41.7. The van der Waals surface area contributed by atoms with Gasteiger partial charge in [-0.25, -0.2) is 0 Å². The zero-order valence-electron chi connectivity index (χ0n) is 35.4. The number of para-hydroxylation sites is 2. The fourth-order valence-corrected chi connectivity index (χ4v) is 16.0. The van der Waals surface area contributed by atoms with Gasteiger partial charge in [0.2, 0.25) is 0 Å². The van der Waals surface area contributed by atoms with Crippen molar-refractivity contribution in [3.63, 3.8) is 0 Å². The molecule has 0 aliphatic heterocycles. The summed E-state index contributed by atoms with van der Waals surface area (Å²) >= 11 is 0. The molecule has 1 aliphatic carbocycles. The van der Waals surface area contributed by atoms with E-state index in [1.54, 1.807) is 0 Å². The van der Waals surface area contributed by atoms with E-state index in [2.05, 4.69) is 234 Å². The minimum absolute atomic E-state index is 0.662. The van der Waals surface area contributed by atoms with Crippen molar-refractivity contribution in [2.75, 3.05) is 0 Å². The van der Waals surface area contributed by atoms with Crippen LogP contribution in [0, 0.1) is 0 Å². The SMILES string of the molecule is c1ccc([Si](c2ccccc2)(c2ccccc2)c2cccc(-c3ccc(-n4c5ccccc5c5c(-n6c7ccccc7c7cc(C8CCCCC8)ccc76)cccc54)cc3)c2)cc1. The number of hydrogen-bond donors (Lipinski definition) is 0. The van der Waals surface area contributed by atoms with Gasteiger partial charge in [0.15, 0.2) is 8.07 Å². The molecule has 11 aromatic rings. The molecule has 1 aliphatic rings. The molecule has 2 aromatic heterocycles. The van der Waals surface area contributed by atoms with Crippen LogP contribution in [0.4, 0.5) is 0 Å². The second-order valence-corrected chi connectivity index (χ2v) is 21.3. The van der Waals surface area contributed by atoms with Crippen LogP contribution in [0.2, 0.25) is 0 Å². The van der Waals surface area contributed by atoms with E-state index in [9.17, 15) is 0 Å². The standard InChI is InChI=1S/C60H48N2Si/c1-5-19-43(20-6-1)46-37-40-57-54(42-46)52-29-13-15-31-55(52)62(57)59-34-18-33-58-60(59)53-30-14-16-32-56(53)61(58)47-38-35-44(36-39-47)45-21-17-28-51(41-45)63(48-22-7-2-8-23-48,49-24-9-3-10-25-49)50-26-11-4-12-27-50/h2-4,7-18,21-43H,1,5-6,19-20H2. The van der Waals surface area contributed by atoms with Gasteiger partial charge >= 0.3 is 0 Å². The first-order chi connectivity index (χ1) is 31.3. The molecular formula is C60H48N2Si. The Hall–Kier alpha value is -7.20. The number of rotatable bonds is 8. The Kier molecular flexibility index (Phi) is 9.30. The van der Waals surface area contributed by atoms with E-state index in [4.69, 9.17) is 0 Å². The van der Waals surface area contributed by atoms with Crippen molar-refractivity contribution in [1.29, 1.82) is 0 Å². The van der Waals surface area contributed by atoms with E-state index < -0.39 is 8.07 Å². The van der Waals surface area contributed by atoms with Crippen LogP contribution in [0.15, 0.2) is 224 Å². The minimum atomic E-state index is -2.66. The van der Waals surface area contributed by atoms with Crippen LogP contribution >= 0.6 is 0 Å². The fourth-order valence-electron chi connectivity index (χ4n) is 11.2. The predicted octanol–water partition coefficient (Wildman–Crippen LogP) is 13.0. The van der Waals surface area contributed by atoms with E-state index in [-0.39, 0.29) is 0 Å². The number of fused-ring (bicyclic) bond motifs is 6. The summed E-state index contributed by atoms with van der Waals surface area (Å²) in [4.78, 5) is 0. The van der Waals surface area contributed by atoms with E-state index in [0.717, 1.165) is 5.69 Å². The molecule has 12 rings (SSSR count). The second kappa shape index (κ2) is 15.6. The average Bonchev–Trinajstić information content (AvgIpc) is 3.88. The lowest BCUT2D eigenvalue weighted by molar-refractivity contribution is 0.444. The summed E-state index contributed by atoms with van der Waals surface area (Å²) in [6.07, 6.45) is 6.65. The minimum Gasteiger partial charge on any atom is -0.309 e. The summed E-state index contributed by atoms with van der Waals surface area (Å²) in [5, 5.41) is 10.7. The van der Waals surface area contributed by atoms with Gasteiger partial charge in [0.05, 0.1) is 27.8 Å². The van der Waals surface area contributed by atoms with Gasteiger partial charge in [-0.2, -0.15) is 0 Å². The third-order valence-corrected chi connectivity index (χ3v) is 18.8. The largest absolute Gasteiger partial charge is 0.309 e. The molecule has 0 radical (unpaired) electrons. The number of aromatic nitrogens is 2. The van der Waals surface area contributed by atoms with Gasteiger partial charge in [-0.15, -0.1) is 0 Å². The highest BCUT2D eigenvalue weighted by molar-refractivity contribution is 7.19. The Morgan fingerprint density at radius 3 is 1.56 bits per heavy atom. The van der Waals surface area contributed by atoms with E-state index >= 15 is 0 Å². The molecule has 9 aromatic carbocycles. The quantitative estimate of drug-likeness (QED) is 0.107. The summed E-state index contributed by atoms with van der Waals surface area (Å²) in [5.74, 6) is 0.662. The highest BCUT2D eigenvalue weighted by Gasteiger charge is 2.41. The maximum absolute atomic E-state index is 2.66. The molecule has 2 heterocycles. The van der Waals surface area contributed by atoms with Crippen LogP contribution in [0.1, 0.15) is 43.6 Å². The molecular weight excluding hydrogens is 777 g/mol. The molecule has 0 N–H and O–H groups in total. The zero-order valence-corrected chi connectivity index (χ0v) is 36.4. The fraction of sp³-hybridized carbons (Fsp3) is 0.100. The Morgan fingerprint density at radius 1 is 0.349 bits per heavy atom. The first-order valence-corrected chi connectivity index (χ1v) is 24.7. The summed E-state index contributed by atoms with van der Waals surface area (Å²) in [6.45, 7) is 0. The molecule has 0 bridgehead atoms. The monoisotopic (exact) mass is 824 g/mol. The van der Waals surface area contributed by atoms with Crippen LogP contribution in [0.25, 0.3) is 66.1 Å². The molecule has 0 spiro atoms. The molecule has 2 nitrogen and oxygen atoms in total. The molecule has 63 heavy (non-hydrogen) atoms. The average molecular weight is 825 g/mol. The van der Waals surface area contributed by atoms with Crippen molar-refractivity contribution in [2.24, 2.45) is 0 Å². The number of hydrogen-bond acceptors (Lipinski definition) is 0. The van der Waals surface area contributed by atoms with Crippen molar-refractivity contribution in [2.45, 2.75) is 38.0 Å². The lowest BCUT2D eigenvalue weighted by Gasteiger charge is -2.34. The Bertz CT molecular complexity index is 3320. The van der Waals surface area contributed by atoms with Crippen LogP contribution in [0.5, 0.6) is 0 Å². The van der Waals surface area contributed by atoms with Crippen molar-refractivity contribution in [3.8, 4) is 22.5 Å². The highest BCUT2D eigenvalue weighted by Crippen LogP contribution is 2.42. The second-order valence-electron chi connectivity index (χ2n) is 17.5. The molecule has 1 fully saturated rings. The molecule has 1 saturated carbocycles. The smallest absolute Gasteiger partial charge is 0.179 e. The van der Waals surface area contributed by atoms with Gasteiger partial charge in [0, 0.05) is 27.2 Å². The van der Waals surface area contributed by atoms with Crippen molar-refractivity contribution < 1.29 is 0 Å². The van der Waals surface area contributed by atoms with Gasteiger partial charge in [-0.3, -0.25) is 0 Å². The summed E-state index contributed by atoms with van der Waals surface area (Å²) in [5.41, 5.74) is 11.2. The third-order valence-electron chi connectivity index (χ3n) is 14.1. The molecule has 0 unspecified atom stereocenters. The lowest BCUT2D eigenvalue weighted by atomic mass is 9.84. The Balaban J connectivity index is 0.991. The van der Waals surface area contributed by atoms with Gasteiger partial charge in [-0.05, 0) is 105 Å². The normalized spacial score (nSPS) is 13.7. The summed E-state index contributed by atoms with van der Waals surface area (Å²) in [7, 11) is -2.66. The number of nitrogens with zero attached hydrogens (tertiary/aromatic N) is 2. The van der Waals surface area contributed by atoms with Crippen molar-refractivity contribution in [1.82, 2.24) is 9.13 Å². The van der Waals surface area contributed by atoms with Gasteiger partial charge in [-0.1, -0.05) is 195 Å².